The molecule has 1 aliphatic carbocycles. The number of alkyl halides is 2. The molecular weight excluding hydrogens is 440 g/mol. The predicted molar refractivity (Wildman–Crippen MR) is 133 cm³/mol. The number of rotatable bonds is 9. The molecule has 2 atom stereocenters. The number of nitrogens with zero attached hydrogens (tertiary/aromatic N) is 3. The Kier molecular flexibility index (Phi) is 7.13. The summed E-state index contributed by atoms with van der Waals surface area (Å²) in [6.45, 7) is 9.94. The van der Waals surface area contributed by atoms with Gasteiger partial charge in [-0.15, -0.1) is 11.3 Å². The molecule has 0 spiro atoms. The second-order valence-electron chi connectivity index (χ2n) is 8.13. The van der Waals surface area contributed by atoms with Crippen molar-refractivity contribution in [2.45, 2.75) is 38.7 Å². The maximum absolute atomic E-state index is 13.2. The first-order chi connectivity index (χ1) is 16.0. The van der Waals surface area contributed by atoms with E-state index in [9.17, 15) is 8.78 Å². The fraction of sp³-hybridized carbons (Fsp3) is 0.320. The lowest BCUT2D eigenvalue weighted by Gasteiger charge is -2.18. The van der Waals surface area contributed by atoms with Crippen LogP contribution in [0.3, 0.4) is 0 Å². The Bertz CT molecular complexity index is 1150. The minimum atomic E-state index is -2.29. The molecule has 4 rings (SSSR count). The SMILES string of the molecule is C=C/C=C(\C=C)CNc1nc(C)c(-c2nc3ccccc3s2)c(NC2CCC(C(F)F)C2)n1. The van der Waals surface area contributed by atoms with Crippen LogP contribution < -0.4 is 10.6 Å². The van der Waals surface area contributed by atoms with Gasteiger partial charge < -0.3 is 10.6 Å². The van der Waals surface area contributed by atoms with E-state index >= 15 is 0 Å². The predicted octanol–water partition coefficient (Wildman–Crippen LogP) is 6.62. The van der Waals surface area contributed by atoms with Crippen LogP contribution in [0.1, 0.15) is 25.0 Å². The summed E-state index contributed by atoms with van der Waals surface area (Å²) >= 11 is 1.57. The Morgan fingerprint density at radius 1 is 1.21 bits per heavy atom. The lowest BCUT2D eigenvalue weighted by atomic mass is 10.1. The van der Waals surface area contributed by atoms with Crippen molar-refractivity contribution in [2.24, 2.45) is 5.92 Å². The van der Waals surface area contributed by atoms with E-state index in [1.807, 2.05) is 37.3 Å². The number of nitrogens with one attached hydrogen (secondary N) is 2. The average molecular weight is 468 g/mol. The highest BCUT2D eigenvalue weighted by atomic mass is 32.1. The quantitative estimate of drug-likeness (QED) is 0.346. The van der Waals surface area contributed by atoms with Crippen molar-refractivity contribution >= 4 is 33.3 Å². The molecule has 1 aromatic carbocycles. The number of allylic oxidation sites excluding steroid dienone is 2. The second-order valence-corrected chi connectivity index (χ2v) is 9.16. The molecule has 2 heterocycles. The zero-order valence-electron chi connectivity index (χ0n) is 18.5. The van der Waals surface area contributed by atoms with Crippen molar-refractivity contribution in [1.29, 1.82) is 0 Å². The lowest BCUT2D eigenvalue weighted by Crippen LogP contribution is -2.20. The third-order valence-electron chi connectivity index (χ3n) is 5.81. The van der Waals surface area contributed by atoms with Gasteiger partial charge in [-0.1, -0.05) is 43.5 Å². The largest absolute Gasteiger partial charge is 0.367 e. The van der Waals surface area contributed by atoms with Crippen molar-refractivity contribution in [3.8, 4) is 10.6 Å². The number of aromatic nitrogens is 3. The molecule has 8 heteroatoms. The number of hydrogen-bond donors (Lipinski definition) is 2. The zero-order valence-corrected chi connectivity index (χ0v) is 19.3. The van der Waals surface area contributed by atoms with Crippen LogP contribution in [0, 0.1) is 12.8 Å². The summed E-state index contributed by atoms with van der Waals surface area (Å²) < 4.78 is 27.5. The van der Waals surface area contributed by atoms with Crippen LogP contribution in [0.25, 0.3) is 20.8 Å². The van der Waals surface area contributed by atoms with Crippen LogP contribution in [-0.4, -0.2) is 34.0 Å². The molecule has 1 aliphatic rings. The van der Waals surface area contributed by atoms with E-state index in [-0.39, 0.29) is 6.04 Å². The minimum Gasteiger partial charge on any atom is -0.367 e. The molecule has 0 radical (unpaired) electrons. The Morgan fingerprint density at radius 2 is 2.03 bits per heavy atom. The first-order valence-electron chi connectivity index (χ1n) is 11.0. The van der Waals surface area contributed by atoms with Crippen molar-refractivity contribution in [3.05, 3.63) is 66.9 Å². The van der Waals surface area contributed by atoms with E-state index in [1.54, 1.807) is 23.5 Å². The highest BCUT2D eigenvalue weighted by Crippen LogP contribution is 2.38. The van der Waals surface area contributed by atoms with Crippen molar-refractivity contribution in [3.63, 3.8) is 0 Å². The number of hydrogen-bond acceptors (Lipinski definition) is 6. The normalized spacial score (nSPS) is 18.6. The van der Waals surface area contributed by atoms with Gasteiger partial charge >= 0.3 is 0 Å². The summed E-state index contributed by atoms with van der Waals surface area (Å²) in [5, 5.41) is 7.48. The van der Waals surface area contributed by atoms with E-state index in [1.165, 1.54) is 0 Å². The van der Waals surface area contributed by atoms with Gasteiger partial charge in [0.05, 0.1) is 21.5 Å². The van der Waals surface area contributed by atoms with E-state index in [0.717, 1.165) is 32.1 Å². The van der Waals surface area contributed by atoms with Crippen molar-refractivity contribution in [1.82, 2.24) is 15.0 Å². The molecule has 0 bridgehead atoms. The first-order valence-corrected chi connectivity index (χ1v) is 11.8. The molecule has 0 aliphatic heterocycles. The molecular formula is C25H27F2N5S. The zero-order chi connectivity index (χ0) is 23.4. The standard InChI is InChI=1S/C25H27F2N5S/c1-4-8-16(5-2)14-28-25-29-15(3)21(24-31-19-9-6-7-10-20(19)33-24)23(32-25)30-18-12-11-17(13-18)22(26)27/h4-10,17-18,22H,1-2,11-14H2,3H3,(H2,28,29,30,32)/b16-8+. The topological polar surface area (TPSA) is 62.7 Å². The molecule has 2 aromatic heterocycles. The smallest absolute Gasteiger partial charge is 0.241 e. The fourth-order valence-electron chi connectivity index (χ4n) is 4.09. The summed E-state index contributed by atoms with van der Waals surface area (Å²) in [5.74, 6) is 0.505. The molecule has 1 saturated carbocycles. The monoisotopic (exact) mass is 467 g/mol. The highest BCUT2D eigenvalue weighted by molar-refractivity contribution is 7.21. The third kappa shape index (κ3) is 5.27. The van der Waals surface area contributed by atoms with Gasteiger partial charge in [-0.25, -0.2) is 18.7 Å². The molecule has 2 N–H and O–H groups in total. The number of anilines is 2. The lowest BCUT2D eigenvalue weighted by molar-refractivity contribution is 0.0803. The van der Waals surface area contributed by atoms with Gasteiger partial charge in [-0.3, -0.25) is 0 Å². The van der Waals surface area contributed by atoms with Crippen LogP contribution in [0.4, 0.5) is 20.5 Å². The summed E-state index contributed by atoms with van der Waals surface area (Å²) in [6.07, 6.45) is 4.64. The van der Waals surface area contributed by atoms with E-state index in [2.05, 4.69) is 28.8 Å². The maximum atomic E-state index is 13.2. The Labute approximate surface area is 196 Å². The number of para-hydroxylation sites is 1. The van der Waals surface area contributed by atoms with Gasteiger partial charge in [0.1, 0.15) is 10.8 Å². The average Bonchev–Trinajstić information content (AvgIpc) is 3.43. The number of fused-ring (bicyclic) bond motifs is 1. The summed E-state index contributed by atoms with van der Waals surface area (Å²) in [7, 11) is 0. The van der Waals surface area contributed by atoms with Gasteiger partial charge in [0, 0.05) is 18.5 Å². The number of thiazole rings is 1. The third-order valence-corrected chi connectivity index (χ3v) is 6.87. The van der Waals surface area contributed by atoms with Crippen LogP contribution in [-0.2, 0) is 0 Å². The van der Waals surface area contributed by atoms with Gasteiger partial charge in [0.25, 0.3) is 0 Å². The van der Waals surface area contributed by atoms with Crippen LogP contribution in [0.15, 0.2) is 61.2 Å². The highest BCUT2D eigenvalue weighted by Gasteiger charge is 2.32. The summed E-state index contributed by atoms with van der Waals surface area (Å²) in [5.41, 5.74) is 3.44. The Hall–Kier alpha value is -3.13. The molecule has 0 saturated heterocycles. The molecule has 1 fully saturated rings. The Balaban J connectivity index is 1.69. The molecule has 33 heavy (non-hydrogen) atoms. The summed E-state index contributed by atoms with van der Waals surface area (Å²) in [4.78, 5) is 14.2. The van der Waals surface area contributed by atoms with E-state index < -0.39 is 12.3 Å². The minimum absolute atomic E-state index is 0.0660. The molecule has 5 nitrogen and oxygen atoms in total. The molecule has 172 valence electrons. The number of benzene rings is 1. The van der Waals surface area contributed by atoms with Crippen LogP contribution in [0.2, 0.25) is 0 Å². The van der Waals surface area contributed by atoms with E-state index in [0.29, 0.717) is 37.6 Å². The number of halogens is 2. The van der Waals surface area contributed by atoms with Gasteiger partial charge in [-0.05, 0) is 43.9 Å². The number of aryl methyl sites for hydroxylation is 1. The van der Waals surface area contributed by atoms with Crippen LogP contribution >= 0.6 is 11.3 Å². The molecule has 2 unspecified atom stereocenters. The Morgan fingerprint density at radius 3 is 2.73 bits per heavy atom. The summed E-state index contributed by atoms with van der Waals surface area (Å²) in [6, 6.07) is 7.88. The van der Waals surface area contributed by atoms with Gasteiger partial charge in [0.15, 0.2) is 0 Å². The van der Waals surface area contributed by atoms with Crippen molar-refractivity contribution in [2.75, 3.05) is 17.2 Å². The fourth-order valence-corrected chi connectivity index (χ4v) is 5.16. The molecule has 3 aromatic rings. The molecule has 0 amide bonds. The first kappa shape index (κ1) is 23.0. The van der Waals surface area contributed by atoms with Gasteiger partial charge in [0.2, 0.25) is 12.4 Å². The maximum Gasteiger partial charge on any atom is 0.241 e. The second kappa shape index (κ2) is 10.2. The van der Waals surface area contributed by atoms with Crippen LogP contribution in [0.5, 0.6) is 0 Å². The van der Waals surface area contributed by atoms with Crippen molar-refractivity contribution < 1.29 is 8.78 Å². The van der Waals surface area contributed by atoms with E-state index in [4.69, 9.17) is 9.97 Å². The van der Waals surface area contributed by atoms with Gasteiger partial charge in [-0.2, -0.15) is 4.98 Å².